The number of rotatable bonds is 10. The molecule has 42 heavy (non-hydrogen) atoms. The van der Waals surface area contributed by atoms with E-state index in [1.165, 1.54) is 15.9 Å². The predicted molar refractivity (Wildman–Crippen MR) is 179 cm³/mol. The highest BCUT2D eigenvalue weighted by molar-refractivity contribution is 6.99. The van der Waals surface area contributed by atoms with Crippen molar-refractivity contribution in [1.29, 1.82) is 0 Å². The standard InChI is InChI=1S/C36H45BO4Si/c1-26(22-30-23-27(2)35(38)28(3)24-30)18-19-34-33(20-21-37(39)41-34)29(4)25-40-42(36(5,6)7,31-14-10-8-11-15-31)32-16-12-9-13-17-32/h8-17,20,22-24,34,38-39H,4,18-19,21,25H2,1-3,5-7H3/b26-22+. The fourth-order valence-electron chi connectivity index (χ4n) is 6.10. The molecule has 2 N–H and O–H groups in total. The molecular weight excluding hydrogens is 535 g/mol. The Hall–Kier alpha value is -3.16. The van der Waals surface area contributed by atoms with Crippen LogP contribution in [0.4, 0.5) is 0 Å². The number of allylic oxidation sites excluding steroid dienone is 2. The molecule has 0 aromatic heterocycles. The predicted octanol–water partition coefficient (Wildman–Crippen LogP) is 7.13. The van der Waals surface area contributed by atoms with E-state index in [2.05, 4.69) is 107 Å². The lowest BCUT2D eigenvalue weighted by atomic mass is 9.78. The summed E-state index contributed by atoms with van der Waals surface area (Å²) in [4.78, 5) is 0. The second-order valence-corrected chi connectivity index (χ2v) is 16.9. The number of phenols is 1. The van der Waals surface area contributed by atoms with Crippen LogP contribution in [0.2, 0.25) is 11.4 Å². The molecule has 4 rings (SSSR count). The Balaban J connectivity index is 1.55. The van der Waals surface area contributed by atoms with Gasteiger partial charge in [-0.15, -0.1) is 0 Å². The van der Waals surface area contributed by atoms with E-state index in [1.54, 1.807) is 0 Å². The van der Waals surface area contributed by atoms with Crippen LogP contribution in [0.3, 0.4) is 0 Å². The highest BCUT2D eigenvalue weighted by Crippen LogP contribution is 2.38. The lowest BCUT2D eigenvalue weighted by Gasteiger charge is -2.43. The number of hydrogen-bond acceptors (Lipinski definition) is 4. The fraction of sp³-hybridized carbons (Fsp3) is 0.333. The molecule has 1 aliphatic rings. The Labute approximate surface area is 253 Å². The molecule has 6 heteroatoms. The third-order valence-electron chi connectivity index (χ3n) is 8.22. The topological polar surface area (TPSA) is 58.9 Å². The van der Waals surface area contributed by atoms with Crippen LogP contribution in [-0.4, -0.2) is 38.3 Å². The third-order valence-corrected chi connectivity index (χ3v) is 13.2. The van der Waals surface area contributed by atoms with Gasteiger partial charge in [0, 0.05) is 6.32 Å². The summed E-state index contributed by atoms with van der Waals surface area (Å²) in [6.45, 7) is 17.6. The van der Waals surface area contributed by atoms with Gasteiger partial charge in [-0.1, -0.05) is 106 Å². The first-order chi connectivity index (χ1) is 19.9. The monoisotopic (exact) mass is 580 g/mol. The van der Waals surface area contributed by atoms with E-state index in [0.717, 1.165) is 40.7 Å². The fourth-order valence-corrected chi connectivity index (χ4v) is 10.6. The molecule has 0 aliphatic carbocycles. The Morgan fingerprint density at radius 2 is 1.57 bits per heavy atom. The SMILES string of the molecule is C=C(CO[Si](c1ccccc1)(c1ccccc1)C(C)(C)C)C1=CCB(O)OC1CC/C(C)=C/c1cc(C)c(O)c(C)c1. The highest BCUT2D eigenvalue weighted by Gasteiger charge is 2.50. The quantitative estimate of drug-likeness (QED) is 0.251. The number of hydrogen-bond donors (Lipinski definition) is 2. The van der Waals surface area contributed by atoms with Gasteiger partial charge in [-0.2, -0.15) is 0 Å². The summed E-state index contributed by atoms with van der Waals surface area (Å²) < 4.78 is 13.2. The molecule has 3 aromatic carbocycles. The molecular formula is C36H45BO4Si. The van der Waals surface area contributed by atoms with Crippen LogP contribution in [0.1, 0.15) is 57.2 Å². The van der Waals surface area contributed by atoms with E-state index in [4.69, 9.17) is 9.08 Å². The van der Waals surface area contributed by atoms with E-state index in [1.807, 2.05) is 26.0 Å². The molecule has 1 aliphatic heterocycles. The van der Waals surface area contributed by atoms with E-state index in [9.17, 15) is 10.1 Å². The zero-order valence-corrected chi connectivity index (χ0v) is 27.0. The molecule has 4 nitrogen and oxygen atoms in total. The lowest BCUT2D eigenvalue weighted by Crippen LogP contribution is -2.66. The van der Waals surface area contributed by atoms with Crippen molar-refractivity contribution >= 4 is 31.9 Å². The van der Waals surface area contributed by atoms with Crippen molar-refractivity contribution < 1.29 is 19.2 Å². The van der Waals surface area contributed by atoms with Gasteiger partial charge < -0.3 is 19.2 Å². The second kappa shape index (κ2) is 13.4. The van der Waals surface area contributed by atoms with Crippen molar-refractivity contribution in [2.75, 3.05) is 6.61 Å². The van der Waals surface area contributed by atoms with Gasteiger partial charge in [0.2, 0.25) is 0 Å². The maximum atomic E-state index is 10.4. The number of benzene rings is 3. The molecule has 0 bridgehead atoms. The minimum absolute atomic E-state index is 0.129. The zero-order chi connectivity index (χ0) is 30.5. The van der Waals surface area contributed by atoms with Crippen molar-refractivity contribution in [2.24, 2.45) is 0 Å². The Kier molecular flexibility index (Phi) is 10.2. The van der Waals surface area contributed by atoms with Gasteiger partial charge >= 0.3 is 7.12 Å². The summed E-state index contributed by atoms with van der Waals surface area (Å²) in [6, 6.07) is 25.3. The Bertz CT molecular complexity index is 1380. The van der Waals surface area contributed by atoms with Gasteiger partial charge in [0.15, 0.2) is 0 Å². The van der Waals surface area contributed by atoms with Crippen LogP contribution in [0, 0.1) is 13.8 Å². The molecule has 0 saturated heterocycles. The van der Waals surface area contributed by atoms with Crippen LogP contribution < -0.4 is 10.4 Å². The third kappa shape index (κ3) is 7.07. The maximum Gasteiger partial charge on any atom is 0.458 e. The molecule has 220 valence electrons. The first kappa shape index (κ1) is 31.8. The first-order valence-electron chi connectivity index (χ1n) is 14.9. The Morgan fingerprint density at radius 1 is 1.02 bits per heavy atom. The molecule has 0 saturated carbocycles. The molecule has 1 heterocycles. The second-order valence-electron chi connectivity index (χ2n) is 12.6. The summed E-state index contributed by atoms with van der Waals surface area (Å²) in [7, 11) is -3.53. The maximum absolute atomic E-state index is 10.4. The summed E-state index contributed by atoms with van der Waals surface area (Å²) >= 11 is 0. The van der Waals surface area contributed by atoms with Gasteiger partial charge in [0.1, 0.15) is 5.75 Å². The number of aromatic hydroxyl groups is 1. The van der Waals surface area contributed by atoms with Crippen molar-refractivity contribution in [1.82, 2.24) is 0 Å². The van der Waals surface area contributed by atoms with Gasteiger partial charge in [-0.3, -0.25) is 0 Å². The smallest absolute Gasteiger partial charge is 0.458 e. The summed E-state index contributed by atoms with van der Waals surface area (Å²) in [6.07, 6.45) is 5.92. The molecule has 0 amide bonds. The first-order valence-corrected chi connectivity index (χ1v) is 16.8. The summed E-state index contributed by atoms with van der Waals surface area (Å²) in [5.41, 5.74) is 5.93. The van der Waals surface area contributed by atoms with Gasteiger partial charge in [0.05, 0.1) is 12.7 Å². The molecule has 0 radical (unpaired) electrons. The van der Waals surface area contributed by atoms with E-state index >= 15 is 0 Å². The van der Waals surface area contributed by atoms with Gasteiger partial charge in [-0.05, 0) is 89.0 Å². The largest absolute Gasteiger partial charge is 0.507 e. The van der Waals surface area contributed by atoms with Crippen molar-refractivity contribution in [3.8, 4) is 5.75 Å². The molecule has 1 atom stereocenters. The van der Waals surface area contributed by atoms with Crippen LogP contribution in [0.5, 0.6) is 5.75 Å². The normalized spacial score (nSPS) is 16.4. The van der Waals surface area contributed by atoms with E-state index < -0.39 is 15.4 Å². The van der Waals surface area contributed by atoms with Crippen LogP contribution in [-0.2, 0) is 9.08 Å². The molecule has 1 unspecified atom stereocenters. The van der Waals surface area contributed by atoms with Crippen molar-refractivity contribution in [3.05, 3.63) is 119 Å². The van der Waals surface area contributed by atoms with Crippen molar-refractivity contribution in [3.63, 3.8) is 0 Å². The zero-order valence-electron chi connectivity index (χ0n) is 26.0. The summed E-state index contributed by atoms with van der Waals surface area (Å²) in [5, 5.41) is 22.8. The van der Waals surface area contributed by atoms with Crippen LogP contribution >= 0.6 is 0 Å². The van der Waals surface area contributed by atoms with Crippen LogP contribution in [0.15, 0.2) is 102 Å². The molecule has 3 aromatic rings. The van der Waals surface area contributed by atoms with Gasteiger partial charge in [0.25, 0.3) is 8.32 Å². The minimum atomic E-state index is -2.71. The Morgan fingerprint density at radius 3 is 2.10 bits per heavy atom. The minimum Gasteiger partial charge on any atom is -0.507 e. The number of aryl methyl sites for hydroxylation is 2. The van der Waals surface area contributed by atoms with Gasteiger partial charge in [-0.25, -0.2) is 0 Å². The van der Waals surface area contributed by atoms with Crippen molar-refractivity contribution in [2.45, 2.75) is 71.8 Å². The van der Waals surface area contributed by atoms with E-state index in [-0.39, 0.29) is 11.1 Å². The summed E-state index contributed by atoms with van der Waals surface area (Å²) in [5.74, 6) is 0.350. The molecule has 0 spiro atoms. The van der Waals surface area contributed by atoms with E-state index in [0.29, 0.717) is 18.7 Å². The average molecular weight is 581 g/mol. The van der Waals surface area contributed by atoms with Crippen LogP contribution in [0.25, 0.3) is 6.08 Å². The number of phenolic OH excluding ortho intramolecular Hbond substituents is 1. The molecule has 0 fully saturated rings. The average Bonchev–Trinajstić information content (AvgIpc) is 2.95. The lowest BCUT2D eigenvalue weighted by molar-refractivity contribution is 0.181. The highest BCUT2D eigenvalue weighted by atomic mass is 28.4.